The van der Waals surface area contributed by atoms with Gasteiger partial charge in [0.15, 0.2) is 5.75 Å². The Hall–Kier alpha value is -3.37. The predicted molar refractivity (Wildman–Crippen MR) is 125 cm³/mol. The third-order valence-corrected chi connectivity index (χ3v) is 7.76. The molecule has 0 aliphatic carbocycles. The first kappa shape index (κ1) is 23.4. The number of amides is 1. The molecular formula is C24H19ClF2N2O5S. The molecule has 3 aromatic rings. The molecule has 182 valence electrons. The van der Waals surface area contributed by atoms with E-state index in [9.17, 15) is 27.1 Å². The van der Waals surface area contributed by atoms with Gasteiger partial charge in [-0.25, -0.2) is 17.2 Å². The number of nitrogens with one attached hydrogen (secondary N) is 1. The van der Waals surface area contributed by atoms with Crippen molar-refractivity contribution in [3.05, 3.63) is 70.8 Å². The zero-order chi connectivity index (χ0) is 24.9. The number of benzene rings is 3. The SMILES string of the molecule is O=C1c2cc(Cl)c(O)c(c2)S(=O)(=O)Nc2cc(c(F)cc2F)-c2ccccc2OC[C@H]2CCN1C2. The molecule has 3 aromatic carbocycles. The third-order valence-electron chi connectivity index (χ3n) is 6.09. The van der Waals surface area contributed by atoms with E-state index in [0.29, 0.717) is 36.9 Å². The number of carbonyl (C=O) groups excluding carboxylic acids is 1. The van der Waals surface area contributed by atoms with E-state index in [1.807, 2.05) is 4.72 Å². The number of para-hydroxylation sites is 1. The van der Waals surface area contributed by atoms with E-state index >= 15 is 0 Å². The number of hydrogen-bond donors (Lipinski definition) is 2. The summed E-state index contributed by atoms with van der Waals surface area (Å²) in [6, 6.07) is 10.3. The highest BCUT2D eigenvalue weighted by atomic mass is 35.5. The number of sulfonamides is 1. The minimum absolute atomic E-state index is 0.0222. The Morgan fingerprint density at radius 3 is 2.66 bits per heavy atom. The largest absolute Gasteiger partial charge is 0.505 e. The smallest absolute Gasteiger partial charge is 0.265 e. The van der Waals surface area contributed by atoms with Crippen LogP contribution in [0.2, 0.25) is 5.02 Å². The van der Waals surface area contributed by atoms with Gasteiger partial charge in [0, 0.05) is 41.8 Å². The third kappa shape index (κ3) is 4.28. The second-order valence-electron chi connectivity index (χ2n) is 8.44. The zero-order valence-electron chi connectivity index (χ0n) is 18.1. The van der Waals surface area contributed by atoms with Gasteiger partial charge < -0.3 is 14.7 Å². The number of anilines is 1. The molecular weight excluding hydrogens is 502 g/mol. The minimum atomic E-state index is -4.64. The number of rotatable bonds is 0. The summed E-state index contributed by atoms with van der Waals surface area (Å²) in [5.41, 5.74) is -0.380. The van der Waals surface area contributed by atoms with Gasteiger partial charge in [-0.3, -0.25) is 9.52 Å². The maximum absolute atomic E-state index is 14.8. The fourth-order valence-electron chi connectivity index (χ4n) is 4.29. The Labute approximate surface area is 204 Å². The molecule has 0 spiro atoms. The van der Waals surface area contributed by atoms with Crippen LogP contribution in [0.1, 0.15) is 16.8 Å². The number of halogens is 3. The van der Waals surface area contributed by atoms with Crippen molar-refractivity contribution in [3.63, 3.8) is 0 Å². The highest BCUT2D eigenvalue weighted by molar-refractivity contribution is 7.92. The first-order valence-electron chi connectivity index (χ1n) is 10.7. The van der Waals surface area contributed by atoms with Gasteiger partial charge in [0.1, 0.15) is 22.3 Å². The topological polar surface area (TPSA) is 95.9 Å². The van der Waals surface area contributed by atoms with Gasteiger partial charge in [0.25, 0.3) is 15.9 Å². The molecule has 0 radical (unpaired) electrons. The van der Waals surface area contributed by atoms with Gasteiger partial charge in [-0.2, -0.15) is 0 Å². The van der Waals surface area contributed by atoms with Crippen LogP contribution in [0.25, 0.3) is 11.1 Å². The summed E-state index contributed by atoms with van der Waals surface area (Å²) in [6.07, 6.45) is 0.640. The Morgan fingerprint density at radius 1 is 1.09 bits per heavy atom. The normalized spacial score (nSPS) is 19.0. The lowest BCUT2D eigenvalue weighted by atomic mass is 10.0. The summed E-state index contributed by atoms with van der Waals surface area (Å²) in [7, 11) is -4.64. The number of phenolic OH excluding ortho intramolecular Hbond substituents is 1. The lowest BCUT2D eigenvalue weighted by Crippen LogP contribution is -2.30. The summed E-state index contributed by atoms with van der Waals surface area (Å²) >= 11 is 6.04. The molecule has 0 unspecified atom stereocenters. The predicted octanol–water partition coefficient (Wildman–Crippen LogP) is 4.65. The standard InChI is InChI=1S/C24H19ClF2N2O5S/c25-17-7-14-8-22(23(17)30)35(32,33)28-20-9-16(18(26)10-19(20)27)15-3-1-2-4-21(15)34-12-13-5-6-29(11-13)24(14)31/h1-4,7-10,13,28,30H,5-6,11-12H2/t13-/m0/s1. The van der Waals surface area contributed by atoms with Crippen LogP contribution >= 0.6 is 11.6 Å². The maximum Gasteiger partial charge on any atom is 0.265 e. The maximum atomic E-state index is 14.8. The van der Waals surface area contributed by atoms with Gasteiger partial charge in [0.05, 0.1) is 17.3 Å². The van der Waals surface area contributed by atoms with E-state index in [0.717, 1.165) is 12.1 Å². The number of hydrogen-bond acceptors (Lipinski definition) is 5. The molecule has 0 saturated carbocycles. The van der Waals surface area contributed by atoms with Crippen LogP contribution in [0.3, 0.4) is 0 Å². The lowest BCUT2D eigenvalue weighted by molar-refractivity contribution is 0.0782. The van der Waals surface area contributed by atoms with E-state index in [4.69, 9.17) is 16.3 Å². The van der Waals surface area contributed by atoms with Crippen molar-refractivity contribution in [1.82, 2.24) is 4.90 Å². The molecule has 2 heterocycles. The van der Waals surface area contributed by atoms with Crippen LogP contribution in [0.5, 0.6) is 11.5 Å². The minimum Gasteiger partial charge on any atom is -0.505 e. The van der Waals surface area contributed by atoms with E-state index < -0.39 is 43.9 Å². The van der Waals surface area contributed by atoms with Crippen LogP contribution in [-0.4, -0.2) is 44.0 Å². The fourth-order valence-corrected chi connectivity index (χ4v) is 5.77. The van der Waals surface area contributed by atoms with Crippen molar-refractivity contribution in [2.45, 2.75) is 11.3 Å². The van der Waals surface area contributed by atoms with Gasteiger partial charge >= 0.3 is 0 Å². The van der Waals surface area contributed by atoms with Crippen molar-refractivity contribution in [2.75, 3.05) is 24.4 Å². The fraction of sp³-hybridized carbons (Fsp3) is 0.208. The molecule has 7 nitrogen and oxygen atoms in total. The number of ether oxygens (including phenoxy) is 1. The van der Waals surface area contributed by atoms with Crippen LogP contribution in [-0.2, 0) is 10.0 Å². The van der Waals surface area contributed by atoms with Crippen LogP contribution < -0.4 is 9.46 Å². The summed E-state index contributed by atoms with van der Waals surface area (Å²) in [5.74, 6) is -3.03. The molecule has 2 aliphatic heterocycles. The number of fused-ring (bicyclic) bond motifs is 8. The Balaban J connectivity index is 1.71. The molecule has 35 heavy (non-hydrogen) atoms. The van der Waals surface area contributed by atoms with E-state index in [-0.39, 0.29) is 28.7 Å². The molecule has 11 heteroatoms. The molecule has 1 saturated heterocycles. The molecule has 5 rings (SSSR count). The second kappa shape index (κ2) is 8.69. The van der Waals surface area contributed by atoms with Crippen molar-refractivity contribution in [1.29, 1.82) is 0 Å². The summed E-state index contributed by atoms with van der Waals surface area (Å²) in [4.78, 5) is 13.9. The van der Waals surface area contributed by atoms with E-state index in [1.165, 1.54) is 6.07 Å². The number of nitrogens with zero attached hydrogens (tertiary/aromatic N) is 1. The summed E-state index contributed by atoms with van der Waals surface area (Å²) < 4.78 is 63.8. The zero-order valence-corrected chi connectivity index (χ0v) is 19.7. The van der Waals surface area contributed by atoms with Crippen LogP contribution in [0, 0.1) is 17.6 Å². The lowest BCUT2D eigenvalue weighted by Gasteiger charge is -2.20. The van der Waals surface area contributed by atoms with Crippen molar-refractivity contribution >= 4 is 33.2 Å². The van der Waals surface area contributed by atoms with E-state index in [2.05, 4.69) is 0 Å². The molecule has 1 atom stereocenters. The monoisotopic (exact) mass is 520 g/mol. The molecule has 1 fully saturated rings. The van der Waals surface area contributed by atoms with Crippen molar-refractivity contribution in [3.8, 4) is 22.6 Å². The Morgan fingerprint density at radius 2 is 1.86 bits per heavy atom. The molecule has 0 aromatic heterocycles. The Kier molecular flexibility index (Phi) is 5.80. The highest BCUT2D eigenvalue weighted by Crippen LogP contribution is 2.38. The summed E-state index contributed by atoms with van der Waals surface area (Å²) in [5, 5.41) is 10.0. The summed E-state index contributed by atoms with van der Waals surface area (Å²) in [6.45, 7) is 1.02. The first-order chi connectivity index (χ1) is 16.6. The Bertz CT molecular complexity index is 1460. The van der Waals surface area contributed by atoms with Crippen LogP contribution in [0.4, 0.5) is 14.5 Å². The van der Waals surface area contributed by atoms with Crippen LogP contribution in [0.15, 0.2) is 53.4 Å². The molecule has 6 bridgehead atoms. The molecule has 1 amide bonds. The second-order valence-corrected chi connectivity index (χ2v) is 10.5. The van der Waals surface area contributed by atoms with Gasteiger partial charge in [-0.1, -0.05) is 29.8 Å². The highest BCUT2D eigenvalue weighted by Gasteiger charge is 2.31. The van der Waals surface area contributed by atoms with Gasteiger partial charge in [-0.05, 0) is 30.7 Å². The van der Waals surface area contributed by atoms with Gasteiger partial charge in [-0.15, -0.1) is 0 Å². The van der Waals surface area contributed by atoms with E-state index in [1.54, 1.807) is 29.2 Å². The number of aromatic hydroxyl groups is 1. The average molecular weight is 521 g/mol. The first-order valence-corrected chi connectivity index (χ1v) is 12.6. The number of phenols is 1. The van der Waals surface area contributed by atoms with Crippen molar-refractivity contribution < 1.29 is 31.8 Å². The quantitative estimate of drug-likeness (QED) is 0.450. The van der Waals surface area contributed by atoms with Gasteiger partial charge in [0.2, 0.25) is 0 Å². The van der Waals surface area contributed by atoms with Crippen molar-refractivity contribution in [2.24, 2.45) is 5.92 Å². The molecule has 2 aliphatic rings. The molecule has 2 N–H and O–H groups in total. The average Bonchev–Trinajstić information content (AvgIpc) is 3.29. The number of carbonyl (C=O) groups is 1.